The van der Waals surface area contributed by atoms with E-state index in [9.17, 15) is 22.8 Å². The van der Waals surface area contributed by atoms with Crippen LogP contribution in [0.3, 0.4) is 0 Å². The van der Waals surface area contributed by atoms with Gasteiger partial charge in [-0.2, -0.15) is 0 Å². The van der Waals surface area contributed by atoms with Crippen LogP contribution in [0.15, 0.2) is 48.5 Å². The normalized spacial score (nSPS) is 18.0. The van der Waals surface area contributed by atoms with Crippen molar-refractivity contribution in [2.24, 2.45) is 5.92 Å². The summed E-state index contributed by atoms with van der Waals surface area (Å²) in [7, 11) is -3.69. The van der Waals surface area contributed by atoms with E-state index in [1.165, 1.54) is 31.2 Å². The van der Waals surface area contributed by atoms with Crippen molar-refractivity contribution in [1.82, 2.24) is 0 Å². The fourth-order valence-corrected chi connectivity index (χ4v) is 4.74. The molecule has 2 aromatic rings. The van der Waals surface area contributed by atoms with Gasteiger partial charge in [0, 0.05) is 23.9 Å². The molecule has 1 aliphatic heterocycles. The summed E-state index contributed by atoms with van der Waals surface area (Å²) in [5, 5.41) is 5.33. The van der Waals surface area contributed by atoms with Crippen LogP contribution in [0.25, 0.3) is 0 Å². The van der Waals surface area contributed by atoms with Gasteiger partial charge in [0.2, 0.25) is 21.8 Å². The van der Waals surface area contributed by atoms with Gasteiger partial charge in [-0.15, -0.1) is 0 Å². The van der Waals surface area contributed by atoms with Crippen molar-refractivity contribution in [3.8, 4) is 0 Å². The van der Waals surface area contributed by atoms with Crippen LogP contribution in [0.2, 0.25) is 0 Å². The summed E-state index contributed by atoms with van der Waals surface area (Å²) in [5.41, 5.74) is 1.54. The van der Waals surface area contributed by atoms with Crippen LogP contribution in [0, 0.1) is 5.92 Å². The molecule has 0 bridgehead atoms. The van der Waals surface area contributed by atoms with Crippen LogP contribution < -0.4 is 14.9 Å². The first kappa shape index (κ1) is 19.6. The number of benzene rings is 2. The maximum absolute atomic E-state index is 12.4. The summed E-state index contributed by atoms with van der Waals surface area (Å²) in [6.07, 6.45) is 0. The Morgan fingerprint density at radius 2 is 1.64 bits per heavy atom. The van der Waals surface area contributed by atoms with Gasteiger partial charge in [0.25, 0.3) is 5.91 Å². The fourth-order valence-electron chi connectivity index (χ4n) is 2.92. The Bertz CT molecular complexity index is 1050. The summed E-state index contributed by atoms with van der Waals surface area (Å²) >= 11 is 0. The highest BCUT2D eigenvalue weighted by molar-refractivity contribution is 7.94. The topological polar surface area (TPSA) is 113 Å². The zero-order valence-electron chi connectivity index (χ0n) is 15.3. The summed E-state index contributed by atoms with van der Waals surface area (Å²) in [5.74, 6) is -1.93. The number of rotatable bonds is 4. The van der Waals surface area contributed by atoms with Crippen molar-refractivity contribution >= 4 is 44.8 Å². The number of nitrogens with zero attached hydrogens (tertiary/aromatic N) is 1. The first-order chi connectivity index (χ1) is 13.2. The van der Waals surface area contributed by atoms with Crippen LogP contribution in [0.4, 0.5) is 17.1 Å². The van der Waals surface area contributed by atoms with Gasteiger partial charge in [0.15, 0.2) is 0 Å². The van der Waals surface area contributed by atoms with Crippen molar-refractivity contribution in [2.45, 2.75) is 13.8 Å². The molecule has 0 aromatic heterocycles. The van der Waals surface area contributed by atoms with Gasteiger partial charge < -0.3 is 10.6 Å². The van der Waals surface area contributed by atoms with Crippen molar-refractivity contribution in [3.05, 3.63) is 54.1 Å². The van der Waals surface area contributed by atoms with Crippen LogP contribution in [0.1, 0.15) is 24.2 Å². The van der Waals surface area contributed by atoms with Crippen molar-refractivity contribution in [2.75, 3.05) is 20.7 Å². The Labute approximate surface area is 162 Å². The van der Waals surface area contributed by atoms with Gasteiger partial charge in [0.05, 0.1) is 17.4 Å². The van der Waals surface area contributed by atoms with Crippen molar-refractivity contribution in [1.29, 1.82) is 0 Å². The highest BCUT2D eigenvalue weighted by atomic mass is 32.2. The maximum atomic E-state index is 12.4. The standard InChI is InChI=1S/C19H19N3O5S/c1-12-11-28(26,27)22(19(12)25)17-8-6-14(7-9-17)18(24)21-16-5-3-4-15(10-16)20-13(2)23/h3-10,12H,11H2,1-2H3,(H,20,23)(H,21,24). The lowest BCUT2D eigenvalue weighted by Crippen LogP contribution is -2.30. The van der Waals surface area contributed by atoms with Crippen molar-refractivity contribution < 1.29 is 22.8 Å². The van der Waals surface area contributed by atoms with Crippen LogP contribution in [0.5, 0.6) is 0 Å². The number of carbonyl (C=O) groups is 3. The van der Waals surface area contributed by atoms with E-state index in [1.54, 1.807) is 31.2 Å². The minimum atomic E-state index is -3.69. The van der Waals surface area contributed by atoms with Gasteiger partial charge in [-0.3, -0.25) is 14.4 Å². The Hall–Kier alpha value is -3.20. The highest BCUT2D eigenvalue weighted by Crippen LogP contribution is 2.28. The minimum Gasteiger partial charge on any atom is -0.326 e. The van der Waals surface area contributed by atoms with E-state index in [2.05, 4.69) is 10.6 Å². The van der Waals surface area contributed by atoms with Gasteiger partial charge >= 0.3 is 0 Å². The quantitative estimate of drug-likeness (QED) is 0.816. The van der Waals surface area contributed by atoms with E-state index in [1.807, 2.05) is 0 Å². The van der Waals surface area contributed by atoms with E-state index < -0.39 is 27.8 Å². The lowest BCUT2D eigenvalue weighted by Gasteiger charge is -2.15. The Balaban J connectivity index is 1.76. The number of nitrogens with one attached hydrogen (secondary N) is 2. The zero-order chi connectivity index (χ0) is 20.5. The maximum Gasteiger partial charge on any atom is 0.255 e. The zero-order valence-corrected chi connectivity index (χ0v) is 16.1. The number of hydrogen-bond acceptors (Lipinski definition) is 5. The Morgan fingerprint density at radius 3 is 2.18 bits per heavy atom. The van der Waals surface area contributed by atoms with Crippen LogP contribution in [-0.4, -0.2) is 31.9 Å². The van der Waals surface area contributed by atoms with E-state index >= 15 is 0 Å². The first-order valence-electron chi connectivity index (χ1n) is 8.53. The highest BCUT2D eigenvalue weighted by Gasteiger charge is 2.41. The van der Waals surface area contributed by atoms with Gasteiger partial charge in [0.1, 0.15) is 0 Å². The van der Waals surface area contributed by atoms with Crippen LogP contribution >= 0.6 is 0 Å². The molecular formula is C19H19N3O5S. The van der Waals surface area contributed by atoms with Gasteiger partial charge in [-0.05, 0) is 42.5 Å². The minimum absolute atomic E-state index is 0.207. The molecule has 1 saturated heterocycles. The summed E-state index contributed by atoms with van der Waals surface area (Å²) in [6.45, 7) is 2.95. The monoisotopic (exact) mass is 401 g/mol. The predicted octanol–water partition coefficient (Wildman–Crippen LogP) is 2.21. The van der Waals surface area contributed by atoms with E-state index in [4.69, 9.17) is 0 Å². The molecule has 8 nitrogen and oxygen atoms in total. The predicted molar refractivity (Wildman–Crippen MR) is 106 cm³/mol. The lowest BCUT2D eigenvalue weighted by molar-refractivity contribution is -0.119. The molecule has 28 heavy (non-hydrogen) atoms. The molecule has 0 saturated carbocycles. The number of hydrogen-bond donors (Lipinski definition) is 2. The third-order valence-corrected chi connectivity index (χ3v) is 6.03. The first-order valence-corrected chi connectivity index (χ1v) is 10.1. The largest absolute Gasteiger partial charge is 0.326 e. The number of carbonyl (C=O) groups excluding carboxylic acids is 3. The van der Waals surface area contributed by atoms with E-state index in [0.717, 1.165) is 4.31 Å². The smallest absolute Gasteiger partial charge is 0.255 e. The molecule has 1 aliphatic rings. The molecule has 1 fully saturated rings. The van der Waals surface area contributed by atoms with Crippen LogP contribution in [-0.2, 0) is 19.6 Å². The molecule has 9 heteroatoms. The Morgan fingerprint density at radius 1 is 1.04 bits per heavy atom. The van der Waals surface area contributed by atoms with E-state index in [0.29, 0.717) is 16.9 Å². The summed E-state index contributed by atoms with van der Waals surface area (Å²) in [4.78, 5) is 35.7. The van der Waals surface area contributed by atoms with Gasteiger partial charge in [-0.25, -0.2) is 12.7 Å². The average molecular weight is 401 g/mol. The third kappa shape index (κ3) is 4.04. The molecule has 1 atom stereocenters. The molecule has 2 N–H and O–H groups in total. The Kier molecular flexibility index (Phi) is 5.19. The second-order valence-electron chi connectivity index (χ2n) is 6.55. The van der Waals surface area contributed by atoms with Gasteiger partial charge in [-0.1, -0.05) is 13.0 Å². The SMILES string of the molecule is CC(=O)Nc1cccc(NC(=O)c2ccc(N3C(=O)C(C)CS3(=O)=O)cc2)c1. The lowest BCUT2D eigenvalue weighted by atomic mass is 10.1. The number of anilines is 3. The average Bonchev–Trinajstić information content (AvgIpc) is 2.82. The second-order valence-corrected chi connectivity index (χ2v) is 8.41. The molecule has 1 heterocycles. The van der Waals surface area contributed by atoms with E-state index in [-0.39, 0.29) is 17.3 Å². The number of sulfonamides is 1. The third-order valence-electron chi connectivity index (χ3n) is 4.17. The second kappa shape index (κ2) is 7.43. The molecule has 0 aliphatic carbocycles. The summed E-state index contributed by atoms with van der Waals surface area (Å²) < 4.78 is 25.1. The molecule has 3 amide bonds. The fraction of sp³-hybridized carbons (Fsp3) is 0.211. The molecule has 0 radical (unpaired) electrons. The molecule has 1 unspecified atom stereocenters. The molecule has 0 spiro atoms. The molecular weight excluding hydrogens is 382 g/mol. The molecule has 3 rings (SSSR count). The summed E-state index contributed by atoms with van der Waals surface area (Å²) in [6, 6.07) is 12.4. The van der Waals surface area contributed by atoms with Crippen molar-refractivity contribution in [3.63, 3.8) is 0 Å². The molecule has 146 valence electrons. The number of amides is 3. The molecule has 2 aromatic carbocycles.